The standard InChI is InChI=1S/C17H18N2O3S/c1-13-2-4-14(5-3-13)8-11-17(20)19-12-15-6-9-16(10-7-15)23(18,21)22/h2-11H,12H2,1H3,(H,19,20)(H2,18,21,22)/b11-8+. The molecule has 2 aromatic rings. The molecule has 1 amide bonds. The second-order valence-electron chi connectivity index (χ2n) is 5.15. The SMILES string of the molecule is Cc1ccc(/C=C/C(=O)NCc2ccc(S(N)(=O)=O)cc2)cc1. The zero-order chi connectivity index (χ0) is 16.9. The number of amides is 1. The molecule has 120 valence electrons. The van der Waals surface area contributed by atoms with Crippen molar-refractivity contribution in [2.45, 2.75) is 18.4 Å². The van der Waals surface area contributed by atoms with Crippen LogP contribution in [-0.4, -0.2) is 14.3 Å². The Kier molecular flexibility index (Phi) is 5.31. The molecule has 6 heteroatoms. The lowest BCUT2D eigenvalue weighted by molar-refractivity contribution is -0.116. The summed E-state index contributed by atoms with van der Waals surface area (Å²) in [7, 11) is -3.69. The van der Waals surface area contributed by atoms with E-state index in [0.717, 1.165) is 16.7 Å². The molecule has 0 bridgehead atoms. The highest BCUT2D eigenvalue weighted by molar-refractivity contribution is 7.89. The maximum atomic E-state index is 11.8. The Morgan fingerprint density at radius 3 is 2.26 bits per heavy atom. The molecule has 0 atom stereocenters. The predicted octanol–water partition coefficient (Wildman–Crippen LogP) is 1.97. The minimum Gasteiger partial charge on any atom is -0.348 e. The number of hydrogen-bond donors (Lipinski definition) is 2. The van der Waals surface area contributed by atoms with E-state index in [4.69, 9.17) is 5.14 Å². The van der Waals surface area contributed by atoms with Gasteiger partial charge in [-0.25, -0.2) is 13.6 Å². The number of nitrogens with two attached hydrogens (primary N) is 1. The van der Waals surface area contributed by atoms with Crippen molar-refractivity contribution in [2.24, 2.45) is 5.14 Å². The van der Waals surface area contributed by atoms with E-state index in [2.05, 4.69) is 5.32 Å². The van der Waals surface area contributed by atoms with Gasteiger partial charge in [0, 0.05) is 12.6 Å². The van der Waals surface area contributed by atoms with Gasteiger partial charge < -0.3 is 5.32 Å². The van der Waals surface area contributed by atoms with Crippen LogP contribution in [0.3, 0.4) is 0 Å². The predicted molar refractivity (Wildman–Crippen MR) is 89.9 cm³/mol. The van der Waals surface area contributed by atoms with Gasteiger partial charge in [0.2, 0.25) is 15.9 Å². The van der Waals surface area contributed by atoms with Crippen LogP contribution in [0.5, 0.6) is 0 Å². The summed E-state index contributed by atoms with van der Waals surface area (Å²) in [5.41, 5.74) is 2.90. The molecule has 0 fully saturated rings. The van der Waals surface area contributed by atoms with Crippen molar-refractivity contribution in [3.8, 4) is 0 Å². The number of carbonyl (C=O) groups excluding carboxylic acids is 1. The molecule has 3 N–H and O–H groups in total. The lowest BCUT2D eigenvalue weighted by Gasteiger charge is -2.04. The number of primary sulfonamides is 1. The molecule has 0 aliphatic rings. The molecule has 0 heterocycles. The first-order valence-corrected chi connectivity index (χ1v) is 8.53. The van der Waals surface area contributed by atoms with Crippen molar-refractivity contribution >= 4 is 22.0 Å². The van der Waals surface area contributed by atoms with Gasteiger partial charge in [-0.3, -0.25) is 4.79 Å². The molecule has 0 radical (unpaired) electrons. The molecule has 0 aliphatic heterocycles. The second-order valence-corrected chi connectivity index (χ2v) is 6.71. The van der Waals surface area contributed by atoms with Crippen molar-refractivity contribution in [2.75, 3.05) is 0 Å². The van der Waals surface area contributed by atoms with Gasteiger partial charge in [0.15, 0.2) is 0 Å². The number of hydrogen-bond acceptors (Lipinski definition) is 3. The molecule has 5 nitrogen and oxygen atoms in total. The van der Waals surface area contributed by atoms with Crippen molar-refractivity contribution in [1.29, 1.82) is 0 Å². The van der Waals surface area contributed by atoms with Crippen LogP contribution in [0.15, 0.2) is 59.5 Å². The molecular formula is C17H18N2O3S. The summed E-state index contributed by atoms with van der Waals surface area (Å²) < 4.78 is 22.3. The summed E-state index contributed by atoms with van der Waals surface area (Å²) in [5, 5.41) is 7.76. The highest BCUT2D eigenvalue weighted by Crippen LogP contribution is 2.08. The smallest absolute Gasteiger partial charge is 0.244 e. The normalized spacial score (nSPS) is 11.6. The molecule has 2 rings (SSSR count). The second kappa shape index (κ2) is 7.21. The van der Waals surface area contributed by atoms with E-state index >= 15 is 0 Å². The van der Waals surface area contributed by atoms with Crippen LogP contribution in [-0.2, 0) is 21.4 Å². The summed E-state index contributed by atoms with van der Waals surface area (Å²) in [4.78, 5) is 11.8. The molecular weight excluding hydrogens is 312 g/mol. The minimum absolute atomic E-state index is 0.0480. The number of benzene rings is 2. The number of sulfonamides is 1. The van der Waals surface area contributed by atoms with Crippen molar-refractivity contribution in [3.63, 3.8) is 0 Å². The van der Waals surface area contributed by atoms with Gasteiger partial charge in [-0.1, -0.05) is 42.0 Å². The quantitative estimate of drug-likeness (QED) is 0.821. The fourth-order valence-electron chi connectivity index (χ4n) is 1.89. The highest BCUT2D eigenvalue weighted by atomic mass is 32.2. The third-order valence-electron chi connectivity index (χ3n) is 3.22. The Balaban J connectivity index is 1.90. The minimum atomic E-state index is -3.69. The molecule has 0 saturated heterocycles. The van der Waals surface area contributed by atoms with Gasteiger partial charge >= 0.3 is 0 Å². The van der Waals surface area contributed by atoms with E-state index in [1.165, 1.54) is 18.2 Å². The zero-order valence-electron chi connectivity index (χ0n) is 12.7. The third-order valence-corrected chi connectivity index (χ3v) is 4.15. The van der Waals surface area contributed by atoms with Crippen molar-refractivity contribution < 1.29 is 13.2 Å². The zero-order valence-corrected chi connectivity index (χ0v) is 13.5. The van der Waals surface area contributed by atoms with E-state index in [9.17, 15) is 13.2 Å². The van der Waals surface area contributed by atoms with Crippen LogP contribution in [0, 0.1) is 6.92 Å². The Bertz CT molecular complexity index is 808. The van der Waals surface area contributed by atoms with Gasteiger partial charge in [-0.15, -0.1) is 0 Å². The summed E-state index contributed by atoms with van der Waals surface area (Å²) >= 11 is 0. The molecule has 0 aromatic heterocycles. The fraction of sp³-hybridized carbons (Fsp3) is 0.118. The Hall–Kier alpha value is -2.44. The molecule has 0 unspecified atom stereocenters. The summed E-state index contributed by atoms with van der Waals surface area (Å²) in [6.07, 6.45) is 3.20. The van der Waals surface area contributed by atoms with Gasteiger partial charge in [0.05, 0.1) is 4.90 Å². The van der Waals surface area contributed by atoms with E-state index in [1.807, 2.05) is 31.2 Å². The fourth-order valence-corrected chi connectivity index (χ4v) is 2.41. The first-order chi connectivity index (χ1) is 10.8. The molecule has 0 saturated carbocycles. The average Bonchev–Trinajstić information content (AvgIpc) is 2.52. The Labute approximate surface area is 135 Å². The van der Waals surface area contributed by atoms with Crippen LogP contribution in [0.2, 0.25) is 0 Å². The van der Waals surface area contributed by atoms with E-state index in [1.54, 1.807) is 18.2 Å². The van der Waals surface area contributed by atoms with Crippen LogP contribution < -0.4 is 10.5 Å². The topological polar surface area (TPSA) is 89.3 Å². The monoisotopic (exact) mass is 330 g/mol. The van der Waals surface area contributed by atoms with Crippen LogP contribution in [0.1, 0.15) is 16.7 Å². The largest absolute Gasteiger partial charge is 0.348 e. The molecule has 23 heavy (non-hydrogen) atoms. The Morgan fingerprint density at radius 2 is 1.70 bits per heavy atom. The molecule has 0 aliphatic carbocycles. The number of carbonyl (C=O) groups is 1. The summed E-state index contributed by atoms with van der Waals surface area (Å²) in [5.74, 6) is -0.221. The Morgan fingerprint density at radius 1 is 1.09 bits per heavy atom. The van der Waals surface area contributed by atoms with Crippen LogP contribution >= 0.6 is 0 Å². The van der Waals surface area contributed by atoms with Crippen molar-refractivity contribution in [1.82, 2.24) is 5.32 Å². The van der Waals surface area contributed by atoms with Gasteiger partial charge in [-0.05, 0) is 36.3 Å². The molecule has 0 spiro atoms. The number of aryl methyl sites for hydroxylation is 1. The van der Waals surface area contributed by atoms with E-state index in [-0.39, 0.29) is 10.8 Å². The number of rotatable bonds is 5. The average molecular weight is 330 g/mol. The van der Waals surface area contributed by atoms with E-state index in [0.29, 0.717) is 6.54 Å². The summed E-state index contributed by atoms with van der Waals surface area (Å²) in [6, 6.07) is 13.9. The lowest BCUT2D eigenvalue weighted by atomic mass is 10.1. The third kappa shape index (κ3) is 5.36. The van der Waals surface area contributed by atoms with Gasteiger partial charge in [0.25, 0.3) is 0 Å². The summed E-state index contributed by atoms with van der Waals surface area (Å²) in [6.45, 7) is 2.31. The highest BCUT2D eigenvalue weighted by Gasteiger charge is 2.06. The van der Waals surface area contributed by atoms with Crippen LogP contribution in [0.4, 0.5) is 0 Å². The van der Waals surface area contributed by atoms with E-state index < -0.39 is 10.0 Å². The van der Waals surface area contributed by atoms with Crippen molar-refractivity contribution in [3.05, 3.63) is 71.3 Å². The first-order valence-electron chi connectivity index (χ1n) is 6.99. The number of nitrogens with one attached hydrogen (secondary N) is 1. The first kappa shape index (κ1) is 16.9. The molecule has 2 aromatic carbocycles. The van der Waals surface area contributed by atoms with Gasteiger partial charge in [-0.2, -0.15) is 0 Å². The van der Waals surface area contributed by atoms with Crippen LogP contribution in [0.25, 0.3) is 6.08 Å². The maximum Gasteiger partial charge on any atom is 0.244 e. The maximum absolute atomic E-state index is 11.8. The lowest BCUT2D eigenvalue weighted by Crippen LogP contribution is -2.20. The van der Waals surface area contributed by atoms with Gasteiger partial charge in [0.1, 0.15) is 0 Å².